The molecule has 0 radical (unpaired) electrons. The van der Waals surface area contributed by atoms with E-state index in [1.807, 2.05) is 13.0 Å². The van der Waals surface area contributed by atoms with Gasteiger partial charge in [0.2, 0.25) is 0 Å². The summed E-state index contributed by atoms with van der Waals surface area (Å²) in [6, 6.07) is 6.22. The Morgan fingerprint density at radius 3 is 2.45 bits per heavy atom. The van der Waals surface area contributed by atoms with Gasteiger partial charge in [-0.05, 0) is 56.2 Å². The summed E-state index contributed by atoms with van der Waals surface area (Å²) in [5.74, 6) is 0. The van der Waals surface area contributed by atoms with Crippen LogP contribution in [0.1, 0.15) is 63.9 Å². The van der Waals surface area contributed by atoms with E-state index >= 15 is 0 Å². The number of benzene rings is 1. The Kier molecular flexibility index (Phi) is 5.00. The lowest BCUT2D eigenvalue weighted by molar-refractivity contribution is 0.360. The molecule has 0 spiro atoms. The first-order valence-corrected chi connectivity index (χ1v) is 8.19. The monoisotopic (exact) mass is 296 g/mol. The quantitative estimate of drug-likeness (QED) is 0.658. The van der Waals surface area contributed by atoms with Crippen LogP contribution >= 0.6 is 0 Å². The number of unbranched alkanes of at least 4 members (excludes halogenated alkanes) is 1. The maximum absolute atomic E-state index is 4.85. The van der Waals surface area contributed by atoms with Gasteiger partial charge in [-0.25, -0.2) is 9.97 Å². The van der Waals surface area contributed by atoms with Crippen molar-refractivity contribution < 1.29 is 0 Å². The van der Waals surface area contributed by atoms with Crippen LogP contribution in [-0.2, 0) is 6.42 Å². The van der Waals surface area contributed by atoms with E-state index in [2.05, 4.69) is 46.4 Å². The van der Waals surface area contributed by atoms with E-state index in [-0.39, 0.29) is 0 Å². The van der Waals surface area contributed by atoms with Gasteiger partial charge in [0.15, 0.2) is 0 Å². The zero-order valence-electron chi connectivity index (χ0n) is 14.7. The van der Waals surface area contributed by atoms with E-state index in [1.54, 1.807) is 0 Å². The van der Waals surface area contributed by atoms with Crippen molar-refractivity contribution in [3.63, 3.8) is 0 Å². The average molecular weight is 296 g/mol. The predicted molar refractivity (Wildman–Crippen MR) is 96.0 cm³/mol. The molecule has 0 aliphatic rings. The van der Waals surface area contributed by atoms with E-state index < -0.39 is 0 Å². The Labute approximate surface area is 134 Å². The second-order valence-electron chi connectivity index (χ2n) is 7.51. The number of nitrogens with zero attached hydrogens (tertiary/aromatic N) is 2. The van der Waals surface area contributed by atoms with E-state index in [9.17, 15) is 0 Å². The largest absolute Gasteiger partial charge is 0.250 e. The fraction of sp³-hybridized carbons (Fsp3) is 0.500. The Bertz CT molecular complexity index is 678. The maximum atomic E-state index is 4.85. The summed E-state index contributed by atoms with van der Waals surface area (Å²) < 4.78 is 0. The van der Waals surface area contributed by atoms with E-state index in [4.69, 9.17) is 9.97 Å². The fourth-order valence-corrected chi connectivity index (χ4v) is 2.63. The van der Waals surface area contributed by atoms with Crippen molar-refractivity contribution in [1.29, 1.82) is 0 Å². The molecule has 1 aromatic heterocycles. The molecule has 22 heavy (non-hydrogen) atoms. The lowest BCUT2D eigenvalue weighted by atomic mass is 9.89. The van der Waals surface area contributed by atoms with Crippen LogP contribution in [0.5, 0.6) is 0 Å². The molecule has 0 saturated carbocycles. The molecule has 0 unspecified atom stereocenters. The Morgan fingerprint density at radius 1 is 1.09 bits per heavy atom. The summed E-state index contributed by atoms with van der Waals surface area (Å²) >= 11 is 0. The second-order valence-corrected chi connectivity index (χ2v) is 7.51. The molecule has 2 aromatic rings. The highest BCUT2D eigenvalue weighted by Crippen LogP contribution is 2.23. The molecule has 0 bridgehead atoms. The first-order valence-electron chi connectivity index (χ1n) is 8.19. The third kappa shape index (κ3) is 4.40. The molecule has 0 fully saturated rings. The van der Waals surface area contributed by atoms with Gasteiger partial charge in [0, 0.05) is 0 Å². The minimum absolute atomic E-state index is 0.417. The molecule has 1 heterocycles. The predicted octanol–water partition coefficient (Wildman–Crippen LogP) is 5.73. The summed E-state index contributed by atoms with van der Waals surface area (Å²) in [6.07, 6.45) is 4.70. The lowest BCUT2D eigenvalue weighted by Crippen LogP contribution is -2.05. The van der Waals surface area contributed by atoms with Crippen LogP contribution in [0.4, 0.5) is 0 Å². The number of rotatable bonds is 5. The molecule has 2 rings (SSSR count). The van der Waals surface area contributed by atoms with Gasteiger partial charge >= 0.3 is 0 Å². The summed E-state index contributed by atoms with van der Waals surface area (Å²) in [5.41, 5.74) is 6.78. The molecule has 0 amide bonds. The van der Waals surface area contributed by atoms with Crippen molar-refractivity contribution in [2.75, 3.05) is 0 Å². The molecule has 0 atom stereocenters. The standard InChI is InChI=1S/C20H28N2/c1-14(2)16-10-11-18-19(13-16)22-17(15(3)21-18)9-7-8-12-20(4,5)6/h10-11,13H,1,7-9,12H2,2-6H3. The lowest BCUT2D eigenvalue weighted by Gasteiger charge is -2.17. The fourth-order valence-electron chi connectivity index (χ4n) is 2.63. The Hall–Kier alpha value is -1.70. The van der Waals surface area contributed by atoms with Crippen molar-refractivity contribution in [3.8, 4) is 0 Å². The van der Waals surface area contributed by atoms with Crippen LogP contribution in [0.2, 0.25) is 0 Å². The minimum Gasteiger partial charge on any atom is -0.250 e. The topological polar surface area (TPSA) is 25.8 Å². The van der Waals surface area contributed by atoms with Gasteiger partial charge in [-0.3, -0.25) is 0 Å². The first kappa shape index (κ1) is 16.7. The highest BCUT2D eigenvalue weighted by atomic mass is 14.8. The van der Waals surface area contributed by atoms with Crippen LogP contribution < -0.4 is 0 Å². The Morgan fingerprint density at radius 2 is 1.82 bits per heavy atom. The molecular formula is C20H28N2. The second kappa shape index (κ2) is 6.60. The summed E-state index contributed by atoms with van der Waals surface area (Å²) in [6.45, 7) is 15.0. The number of allylic oxidation sites excluding steroid dienone is 1. The van der Waals surface area contributed by atoms with Gasteiger partial charge in [0.1, 0.15) is 0 Å². The third-order valence-electron chi connectivity index (χ3n) is 4.02. The third-order valence-corrected chi connectivity index (χ3v) is 4.02. The molecule has 0 aliphatic heterocycles. The zero-order valence-corrected chi connectivity index (χ0v) is 14.7. The van der Waals surface area contributed by atoms with Gasteiger partial charge in [-0.2, -0.15) is 0 Å². The van der Waals surface area contributed by atoms with Crippen LogP contribution in [0.25, 0.3) is 16.6 Å². The molecular weight excluding hydrogens is 268 g/mol. The Balaban J connectivity index is 2.15. The highest BCUT2D eigenvalue weighted by molar-refractivity contribution is 5.79. The number of hydrogen-bond acceptors (Lipinski definition) is 2. The number of aryl methyl sites for hydroxylation is 2. The molecule has 0 saturated heterocycles. The van der Waals surface area contributed by atoms with Crippen molar-refractivity contribution in [1.82, 2.24) is 9.97 Å². The van der Waals surface area contributed by atoms with Crippen LogP contribution in [-0.4, -0.2) is 9.97 Å². The van der Waals surface area contributed by atoms with Crippen molar-refractivity contribution in [2.24, 2.45) is 5.41 Å². The zero-order chi connectivity index (χ0) is 16.3. The molecule has 0 aliphatic carbocycles. The summed E-state index contributed by atoms with van der Waals surface area (Å²) in [7, 11) is 0. The normalized spacial score (nSPS) is 11.9. The van der Waals surface area contributed by atoms with Crippen molar-refractivity contribution >= 4 is 16.6 Å². The van der Waals surface area contributed by atoms with Gasteiger partial charge < -0.3 is 0 Å². The highest BCUT2D eigenvalue weighted by Gasteiger charge is 2.10. The number of hydrogen-bond donors (Lipinski definition) is 0. The number of fused-ring (bicyclic) bond motifs is 1. The first-order chi connectivity index (χ1) is 10.3. The van der Waals surface area contributed by atoms with E-state index in [0.717, 1.165) is 40.0 Å². The minimum atomic E-state index is 0.417. The van der Waals surface area contributed by atoms with Crippen LogP contribution in [0.15, 0.2) is 24.8 Å². The maximum Gasteiger partial charge on any atom is 0.0896 e. The molecule has 2 nitrogen and oxygen atoms in total. The van der Waals surface area contributed by atoms with Gasteiger partial charge in [0.25, 0.3) is 0 Å². The van der Waals surface area contributed by atoms with Crippen molar-refractivity contribution in [3.05, 3.63) is 41.7 Å². The smallest absolute Gasteiger partial charge is 0.0896 e. The number of aromatic nitrogens is 2. The molecule has 0 N–H and O–H groups in total. The molecule has 1 aromatic carbocycles. The van der Waals surface area contributed by atoms with Gasteiger partial charge in [-0.15, -0.1) is 0 Å². The summed E-state index contributed by atoms with van der Waals surface area (Å²) in [5, 5.41) is 0. The molecule has 2 heteroatoms. The van der Waals surface area contributed by atoms with E-state index in [0.29, 0.717) is 5.41 Å². The van der Waals surface area contributed by atoms with E-state index in [1.165, 1.54) is 19.3 Å². The average Bonchev–Trinajstić information content (AvgIpc) is 2.42. The van der Waals surface area contributed by atoms with Gasteiger partial charge in [-0.1, -0.05) is 45.4 Å². The van der Waals surface area contributed by atoms with Crippen LogP contribution in [0, 0.1) is 12.3 Å². The SMILES string of the molecule is C=C(C)c1ccc2nc(C)c(CCCCC(C)(C)C)nc2c1. The molecule has 118 valence electrons. The summed E-state index contributed by atoms with van der Waals surface area (Å²) in [4.78, 5) is 9.56. The van der Waals surface area contributed by atoms with Gasteiger partial charge in [0.05, 0.1) is 22.4 Å². The van der Waals surface area contributed by atoms with Crippen LogP contribution in [0.3, 0.4) is 0 Å². The van der Waals surface area contributed by atoms with Crippen molar-refractivity contribution in [2.45, 2.75) is 60.3 Å².